The fourth-order valence-corrected chi connectivity index (χ4v) is 3.18. The lowest BCUT2D eigenvalue weighted by Gasteiger charge is -2.31. The topological polar surface area (TPSA) is 29.5 Å². The SMILES string of the molecule is CCCN(C(=O)OC(C)(C)C)[C@H]1Cc2ccc(Br)cc2C1. The molecule has 1 aliphatic rings. The van der Waals surface area contributed by atoms with Crippen LogP contribution in [0.1, 0.15) is 45.2 Å². The fourth-order valence-electron chi connectivity index (χ4n) is 2.77. The van der Waals surface area contributed by atoms with E-state index in [1.54, 1.807) is 0 Å². The van der Waals surface area contributed by atoms with Crippen molar-refractivity contribution in [2.24, 2.45) is 0 Å². The monoisotopic (exact) mass is 353 g/mol. The zero-order valence-corrected chi connectivity index (χ0v) is 14.9. The van der Waals surface area contributed by atoms with Gasteiger partial charge in [-0.25, -0.2) is 4.79 Å². The maximum Gasteiger partial charge on any atom is 0.410 e. The summed E-state index contributed by atoms with van der Waals surface area (Å²) >= 11 is 3.52. The first-order chi connectivity index (χ1) is 9.80. The fraction of sp³-hybridized carbons (Fsp3) is 0.588. The Balaban J connectivity index is 2.12. The van der Waals surface area contributed by atoms with Crippen molar-refractivity contribution < 1.29 is 9.53 Å². The molecule has 0 heterocycles. The van der Waals surface area contributed by atoms with Gasteiger partial charge in [0.15, 0.2) is 0 Å². The van der Waals surface area contributed by atoms with Gasteiger partial charge < -0.3 is 9.64 Å². The number of amides is 1. The van der Waals surface area contributed by atoms with Gasteiger partial charge >= 0.3 is 6.09 Å². The van der Waals surface area contributed by atoms with Crippen molar-refractivity contribution in [1.29, 1.82) is 0 Å². The van der Waals surface area contributed by atoms with Gasteiger partial charge in [0.1, 0.15) is 5.60 Å². The summed E-state index contributed by atoms with van der Waals surface area (Å²) in [5, 5.41) is 0. The molecule has 1 aliphatic carbocycles. The second-order valence-corrected chi connectivity index (χ2v) is 7.56. The van der Waals surface area contributed by atoms with Gasteiger partial charge in [-0.15, -0.1) is 0 Å². The summed E-state index contributed by atoms with van der Waals surface area (Å²) in [6.07, 6.45) is 2.58. The Hall–Kier alpha value is -1.03. The molecule has 1 aromatic rings. The molecule has 0 radical (unpaired) electrons. The number of nitrogens with zero attached hydrogens (tertiary/aromatic N) is 1. The minimum Gasteiger partial charge on any atom is -0.444 e. The lowest BCUT2D eigenvalue weighted by Crippen LogP contribution is -2.44. The average molecular weight is 354 g/mol. The first-order valence-electron chi connectivity index (χ1n) is 7.57. The van der Waals surface area contributed by atoms with Crippen molar-refractivity contribution in [3.63, 3.8) is 0 Å². The molecule has 0 unspecified atom stereocenters. The minimum absolute atomic E-state index is 0.193. The van der Waals surface area contributed by atoms with Gasteiger partial charge in [0.05, 0.1) is 0 Å². The predicted octanol–water partition coefficient (Wildman–Crippen LogP) is 4.56. The molecule has 1 amide bonds. The quantitative estimate of drug-likeness (QED) is 0.796. The predicted molar refractivity (Wildman–Crippen MR) is 88.6 cm³/mol. The number of fused-ring (bicyclic) bond motifs is 1. The van der Waals surface area contributed by atoms with E-state index in [1.165, 1.54) is 11.1 Å². The molecular weight excluding hydrogens is 330 g/mol. The third kappa shape index (κ3) is 4.22. The van der Waals surface area contributed by atoms with Crippen LogP contribution in [0.2, 0.25) is 0 Å². The number of halogens is 1. The summed E-state index contributed by atoms with van der Waals surface area (Å²) < 4.78 is 6.66. The summed E-state index contributed by atoms with van der Waals surface area (Å²) in [6.45, 7) is 8.57. The van der Waals surface area contributed by atoms with Crippen LogP contribution in [0.3, 0.4) is 0 Å². The molecule has 1 aromatic carbocycles. The lowest BCUT2D eigenvalue weighted by atomic mass is 10.1. The average Bonchev–Trinajstić information content (AvgIpc) is 2.75. The summed E-state index contributed by atoms with van der Waals surface area (Å²) in [7, 11) is 0. The van der Waals surface area contributed by atoms with Crippen LogP contribution in [0.15, 0.2) is 22.7 Å². The zero-order chi connectivity index (χ0) is 15.6. The van der Waals surface area contributed by atoms with Crippen LogP contribution in [-0.4, -0.2) is 29.2 Å². The molecule has 3 nitrogen and oxygen atoms in total. The van der Waals surface area contributed by atoms with Crippen molar-refractivity contribution in [3.05, 3.63) is 33.8 Å². The second kappa shape index (κ2) is 6.39. The molecule has 116 valence electrons. The van der Waals surface area contributed by atoms with Crippen LogP contribution >= 0.6 is 15.9 Å². The van der Waals surface area contributed by atoms with Crippen LogP contribution in [0.5, 0.6) is 0 Å². The number of benzene rings is 1. The standard InChI is InChI=1S/C17H24BrNO2/c1-5-8-19(16(20)21-17(2,3)4)15-10-12-6-7-14(18)9-13(12)11-15/h6-7,9,15H,5,8,10-11H2,1-4H3/t15-/m0/s1. The van der Waals surface area contributed by atoms with Gasteiger partial charge in [-0.1, -0.05) is 28.9 Å². The molecule has 2 rings (SSSR count). The Morgan fingerprint density at radius 3 is 2.62 bits per heavy atom. The molecule has 0 bridgehead atoms. The highest BCUT2D eigenvalue weighted by atomic mass is 79.9. The van der Waals surface area contributed by atoms with Crippen molar-refractivity contribution in [3.8, 4) is 0 Å². The Morgan fingerprint density at radius 1 is 1.33 bits per heavy atom. The molecule has 0 spiro atoms. The van der Waals surface area contributed by atoms with Gasteiger partial charge in [0.25, 0.3) is 0 Å². The number of ether oxygens (including phenoxy) is 1. The van der Waals surface area contributed by atoms with Crippen molar-refractivity contribution in [2.45, 2.75) is 58.6 Å². The van der Waals surface area contributed by atoms with E-state index in [0.717, 1.165) is 30.3 Å². The first kappa shape index (κ1) is 16.3. The molecule has 1 atom stereocenters. The molecule has 4 heteroatoms. The van der Waals surface area contributed by atoms with Crippen LogP contribution in [0.4, 0.5) is 4.79 Å². The largest absolute Gasteiger partial charge is 0.444 e. The number of hydrogen-bond donors (Lipinski definition) is 0. The van der Waals surface area contributed by atoms with Gasteiger partial charge in [-0.05, 0) is 63.3 Å². The summed E-state index contributed by atoms with van der Waals surface area (Å²) in [5.41, 5.74) is 2.23. The van der Waals surface area contributed by atoms with Crippen LogP contribution < -0.4 is 0 Å². The third-order valence-corrected chi connectivity index (χ3v) is 4.11. The summed E-state index contributed by atoms with van der Waals surface area (Å²) in [4.78, 5) is 14.4. The molecule has 0 fully saturated rings. The lowest BCUT2D eigenvalue weighted by molar-refractivity contribution is 0.0169. The molecule has 0 aromatic heterocycles. The summed E-state index contributed by atoms with van der Waals surface area (Å²) in [5.74, 6) is 0. The van der Waals surface area contributed by atoms with E-state index in [-0.39, 0.29) is 12.1 Å². The van der Waals surface area contributed by atoms with Gasteiger partial charge in [0, 0.05) is 17.1 Å². The van der Waals surface area contributed by atoms with E-state index in [1.807, 2.05) is 25.7 Å². The van der Waals surface area contributed by atoms with Crippen LogP contribution in [0, 0.1) is 0 Å². The van der Waals surface area contributed by atoms with E-state index in [2.05, 4.69) is 41.1 Å². The smallest absolute Gasteiger partial charge is 0.410 e. The van der Waals surface area contributed by atoms with Gasteiger partial charge in [-0.2, -0.15) is 0 Å². The van der Waals surface area contributed by atoms with Crippen LogP contribution in [0.25, 0.3) is 0 Å². The van der Waals surface area contributed by atoms with Gasteiger partial charge in [-0.3, -0.25) is 0 Å². The minimum atomic E-state index is -0.447. The molecule has 0 saturated carbocycles. The first-order valence-corrected chi connectivity index (χ1v) is 8.36. The number of carbonyl (C=O) groups is 1. The third-order valence-electron chi connectivity index (χ3n) is 3.61. The second-order valence-electron chi connectivity index (χ2n) is 6.65. The van der Waals surface area contributed by atoms with E-state index in [4.69, 9.17) is 4.74 Å². The van der Waals surface area contributed by atoms with Crippen LogP contribution in [-0.2, 0) is 17.6 Å². The van der Waals surface area contributed by atoms with E-state index < -0.39 is 5.60 Å². The highest BCUT2D eigenvalue weighted by Crippen LogP contribution is 2.29. The molecule has 0 aliphatic heterocycles. The normalized spacial score (nSPS) is 17.5. The molecule has 0 saturated heterocycles. The highest BCUT2D eigenvalue weighted by molar-refractivity contribution is 9.10. The zero-order valence-electron chi connectivity index (χ0n) is 13.3. The Labute approximate surface area is 135 Å². The van der Waals surface area contributed by atoms with Crippen molar-refractivity contribution in [2.75, 3.05) is 6.54 Å². The van der Waals surface area contributed by atoms with E-state index in [9.17, 15) is 4.79 Å². The van der Waals surface area contributed by atoms with Gasteiger partial charge in [0.2, 0.25) is 0 Å². The highest BCUT2D eigenvalue weighted by Gasteiger charge is 2.32. The molecule has 0 N–H and O–H groups in total. The maximum atomic E-state index is 12.4. The molecule has 21 heavy (non-hydrogen) atoms. The Kier molecular flexibility index (Phi) is 4.97. The Bertz CT molecular complexity index is 522. The van der Waals surface area contributed by atoms with Crippen molar-refractivity contribution in [1.82, 2.24) is 4.90 Å². The number of rotatable bonds is 3. The maximum absolute atomic E-state index is 12.4. The van der Waals surface area contributed by atoms with Crippen molar-refractivity contribution >= 4 is 22.0 Å². The number of hydrogen-bond acceptors (Lipinski definition) is 2. The van der Waals surface area contributed by atoms with E-state index >= 15 is 0 Å². The van der Waals surface area contributed by atoms with E-state index in [0.29, 0.717) is 0 Å². The number of carbonyl (C=O) groups excluding carboxylic acids is 1. The molecular formula is C17H24BrNO2. The Morgan fingerprint density at radius 2 is 2.00 bits per heavy atom. The summed E-state index contributed by atoms with van der Waals surface area (Å²) in [6, 6.07) is 6.59.